The Morgan fingerprint density at radius 2 is 1.50 bits per heavy atom. The van der Waals surface area contributed by atoms with Crippen LogP contribution in [0.25, 0.3) is 0 Å². The molecule has 0 aromatic carbocycles. The normalized spacial score (nSPS) is 13.9. The molecule has 1 aliphatic rings. The Morgan fingerprint density at radius 3 is 1.77 bits per heavy atom. The Kier molecular flexibility index (Phi) is 13.9. The number of hydrogen-bond donors (Lipinski definition) is 6. The molecule has 1 fully saturated rings. The lowest BCUT2D eigenvalue weighted by Crippen LogP contribution is -2.25. The highest BCUT2D eigenvalue weighted by Crippen LogP contribution is 1.89. The van der Waals surface area contributed by atoms with Crippen molar-refractivity contribution in [3.8, 4) is 0 Å². The van der Waals surface area contributed by atoms with Gasteiger partial charge in [0.2, 0.25) is 5.91 Å². The largest absolute Gasteiger partial charge is 0.337 e. The first-order chi connectivity index (χ1) is 10.6. The first-order valence-electron chi connectivity index (χ1n) is 8.03. The number of unbranched alkanes of at least 4 members (excludes halogenated alkanes) is 1. The molecule has 0 aliphatic carbocycles. The van der Waals surface area contributed by atoms with E-state index >= 15 is 0 Å². The van der Waals surface area contributed by atoms with Crippen molar-refractivity contribution in [2.24, 2.45) is 11.5 Å². The fourth-order valence-corrected chi connectivity index (χ4v) is 1.77. The van der Waals surface area contributed by atoms with Crippen molar-refractivity contribution >= 4 is 11.9 Å². The summed E-state index contributed by atoms with van der Waals surface area (Å²) < 4.78 is 0. The molecule has 1 rings (SSSR count). The van der Waals surface area contributed by atoms with Gasteiger partial charge in [0.25, 0.3) is 0 Å². The van der Waals surface area contributed by atoms with Crippen LogP contribution in [0.4, 0.5) is 0 Å². The van der Waals surface area contributed by atoms with Gasteiger partial charge in [0.05, 0.1) is 6.54 Å². The SMILES string of the molecule is CN1CC(=O)NC1=N.NCCCNCCCCNCCCN. The molecule has 8 nitrogen and oxygen atoms in total. The van der Waals surface area contributed by atoms with E-state index in [4.69, 9.17) is 16.9 Å². The number of carbonyl (C=O) groups is 1. The molecule has 0 bridgehead atoms. The predicted molar refractivity (Wildman–Crippen MR) is 90.8 cm³/mol. The van der Waals surface area contributed by atoms with Crippen molar-refractivity contribution in [2.75, 3.05) is 52.9 Å². The summed E-state index contributed by atoms with van der Waals surface area (Å²) in [5, 5.41) is 16.0. The summed E-state index contributed by atoms with van der Waals surface area (Å²) in [6, 6.07) is 0. The Morgan fingerprint density at radius 1 is 1.05 bits per heavy atom. The highest BCUT2D eigenvalue weighted by atomic mass is 16.2. The third-order valence-corrected chi connectivity index (χ3v) is 3.09. The van der Waals surface area contributed by atoms with Gasteiger partial charge in [-0.2, -0.15) is 0 Å². The lowest BCUT2D eigenvalue weighted by Gasteiger charge is -2.04. The third kappa shape index (κ3) is 12.5. The van der Waals surface area contributed by atoms with Crippen LogP contribution in [-0.2, 0) is 4.79 Å². The van der Waals surface area contributed by atoms with E-state index in [0.29, 0.717) is 6.54 Å². The Hall–Kier alpha value is -1.22. The van der Waals surface area contributed by atoms with Crippen molar-refractivity contribution in [1.82, 2.24) is 20.9 Å². The Bertz CT molecular complexity index is 287. The third-order valence-electron chi connectivity index (χ3n) is 3.09. The molecular weight excluding hydrogens is 282 g/mol. The summed E-state index contributed by atoms with van der Waals surface area (Å²) in [5.74, 6) is 0.0903. The van der Waals surface area contributed by atoms with Crippen molar-refractivity contribution in [3.05, 3.63) is 0 Å². The van der Waals surface area contributed by atoms with E-state index in [-0.39, 0.29) is 11.9 Å². The van der Waals surface area contributed by atoms with E-state index in [1.54, 1.807) is 11.9 Å². The summed E-state index contributed by atoms with van der Waals surface area (Å²) in [7, 11) is 1.69. The first-order valence-corrected chi connectivity index (χ1v) is 8.03. The summed E-state index contributed by atoms with van der Waals surface area (Å²) in [6.07, 6.45) is 4.63. The van der Waals surface area contributed by atoms with E-state index in [9.17, 15) is 4.79 Å². The van der Waals surface area contributed by atoms with Crippen LogP contribution >= 0.6 is 0 Å². The number of carbonyl (C=O) groups excluding carboxylic acids is 1. The molecule has 0 aromatic heterocycles. The molecule has 0 atom stereocenters. The van der Waals surface area contributed by atoms with E-state index < -0.39 is 0 Å². The van der Waals surface area contributed by atoms with Crippen LogP contribution in [0.5, 0.6) is 0 Å². The van der Waals surface area contributed by atoms with Crippen molar-refractivity contribution < 1.29 is 4.79 Å². The molecule has 8 N–H and O–H groups in total. The molecule has 0 saturated carbocycles. The van der Waals surface area contributed by atoms with Gasteiger partial charge in [0, 0.05) is 7.05 Å². The molecule has 0 radical (unpaired) electrons. The number of nitrogens with two attached hydrogens (primary N) is 2. The van der Waals surface area contributed by atoms with Gasteiger partial charge in [-0.25, -0.2) is 0 Å². The average molecular weight is 315 g/mol. The second-order valence-electron chi connectivity index (χ2n) is 5.24. The summed E-state index contributed by atoms with van der Waals surface area (Å²) in [6.45, 7) is 6.21. The van der Waals surface area contributed by atoms with Crippen LogP contribution in [-0.4, -0.2) is 69.6 Å². The average Bonchev–Trinajstić information content (AvgIpc) is 2.78. The van der Waals surface area contributed by atoms with Crippen LogP contribution in [0.3, 0.4) is 0 Å². The molecule has 0 unspecified atom stereocenters. The molecule has 0 aromatic rings. The van der Waals surface area contributed by atoms with E-state index in [1.807, 2.05) is 0 Å². The number of amides is 1. The molecule has 1 aliphatic heterocycles. The second kappa shape index (κ2) is 14.7. The number of rotatable bonds is 11. The summed E-state index contributed by atoms with van der Waals surface area (Å²) >= 11 is 0. The van der Waals surface area contributed by atoms with E-state index in [0.717, 1.165) is 52.1 Å². The molecule has 8 heteroatoms. The minimum absolute atomic E-state index is 0.0995. The Balaban J connectivity index is 0.000000461. The number of nitrogens with one attached hydrogen (secondary N) is 4. The quantitative estimate of drug-likeness (QED) is 0.261. The number of hydrogen-bond acceptors (Lipinski definition) is 6. The fraction of sp³-hybridized carbons (Fsp3) is 0.857. The highest BCUT2D eigenvalue weighted by molar-refractivity contribution is 6.02. The number of guanidine groups is 1. The smallest absolute Gasteiger partial charge is 0.246 e. The molecule has 22 heavy (non-hydrogen) atoms. The molecular formula is C14H33N7O. The summed E-state index contributed by atoms with van der Waals surface area (Å²) in [4.78, 5) is 11.9. The van der Waals surface area contributed by atoms with Gasteiger partial charge in [-0.3, -0.25) is 15.5 Å². The van der Waals surface area contributed by atoms with Crippen molar-refractivity contribution in [3.63, 3.8) is 0 Å². The Labute approximate surface area is 133 Å². The van der Waals surface area contributed by atoms with Gasteiger partial charge in [0.15, 0.2) is 5.96 Å². The maximum atomic E-state index is 10.4. The minimum Gasteiger partial charge on any atom is -0.337 e. The van der Waals surface area contributed by atoms with Crippen molar-refractivity contribution in [2.45, 2.75) is 25.7 Å². The molecule has 1 amide bonds. The van der Waals surface area contributed by atoms with Crippen LogP contribution in [0.15, 0.2) is 0 Å². The monoisotopic (exact) mass is 315 g/mol. The van der Waals surface area contributed by atoms with E-state index in [1.165, 1.54) is 12.8 Å². The second-order valence-corrected chi connectivity index (χ2v) is 5.24. The van der Waals surface area contributed by atoms with Crippen LogP contribution in [0, 0.1) is 5.41 Å². The van der Waals surface area contributed by atoms with Gasteiger partial charge in [0.1, 0.15) is 0 Å². The summed E-state index contributed by atoms with van der Waals surface area (Å²) in [5.41, 5.74) is 10.8. The standard InChI is InChI=1S/C10H26N4.C4H7N3O/c11-5-3-9-13-7-1-2-8-14-10-4-6-12;1-7-2-3(8)6-4(7)5/h13-14H,1-12H2;2H2,1H3,(H2,5,6,8). The number of likely N-dealkylation sites (N-methyl/N-ethyl adjacent to an activating group) is 1. The molecule has 0 spiro atoms. The van der Waals surface area contributed by atoms with Gasteiger partial charge in [-0.05, 0) is 65.0 Å². The molecule has 130 valence electrons. The number of nitrogens with zero attached hydrogens (tertiary/aromatic N) is 1. The lowest BCUT2D eigenvalue weighted by atomic mass is 10.3. The van der Waals surface area contributed by atoms with Gasteiger partial charge in [-0.15, -0.1) is 0 Å². The van der Waals surface area contributed by atoms with E-state index in [2.05, 4.69) is 16.0 Å². The zero-order chi connectivity index (χ0) is 16.6. The van der Waals surface area contributed by atoms with Gasteiger partial charge in [-0.1, -0.05) is 0 Å². The zero-order valence-electron chi connectivity index (χ0n) is 13.8. The first kappa shape index (κ1) is 20.8. The van der Waals surface area contributed by atoms with Gasteiger partial charge >= 0.3 is 0 Å². The lowest BCUT2D eigenvalue weighted by molar-refractivity contribution is -0.118. The zero-order valence-corrected chi connectivity index (χ0v) is 13.8. The van der Waals surface area contributed by atoms with Crippen molar-refractivity contribution in [1.29, 1.82) is 5.41 Å². The topological polar surface area (TPSA) is 132 Å². The fourth-order valence-electron chi connectivity index (χ4n) is 1.77. The van der Waals surface area contributed by atoms with Crippen LogP contribution in [0.1, 0.15) is 25.7 Å². The highest BCUT2D eigenvalue weighted by Gasteiger charge is 2.18. The maximum absolute atomic E-state index is 10.4. The minimum atomic E-state index is -0.0995. The van der Waals surface area contributed by atoms with Crippen LogP contribution in [0.2, 0.25) is 0 Å². The predicted octanol–water partition coefficient (Wildman–Crippen LogP) is -1.37. The molecule has 1 saturated heterocycles. The molecule has 1 heterocycles. The van der Waals surface area contributed by atoms with Gasteiger partial charge < -0.3 is 27.0 Å². The maximum Gasteiger partial charge on any atom is 0.246 e. The van der Waals surface area contributed by atoms with Crippen LogP contribution < -0.4 is 27.4 Å².